The SMILES string of the molecule is CN(CCCCCO)C(=O)c1ccc2c(c1)NCCN2. The number of amides is 1. The number of carbonyl (C=O) groups is 1. The van der Waals surface area contributed by atoms with Gasteiger partial charge in [0.1, 0.15) is 0 Å². The van der Waals surface area contributed by atoms with Gasteiger partial charge in [-0.15, -0.1) is 0 Å². The van der Waals surface area contributed by atoms with Gasteiger partial charge in [0.2, 0.25) is 0 Å². The van der Waals surface area contributed by atoms with Gasteiger partial charge in [0, 0.05) is 38.9 Å². The van der Waals surface area contributed by atoms with Crippen molar-refractivity contribution in [1.82, 2.24) is 4.90 Å². The van der Waals surface area contributed by atoms with E-state index in [4.69, 9.17) is 5.11 Å². The molecule has 2 rings (SSSR count). The predicted molar refractivity (Wildman–Crippen MR) is 81.3 cm³/mol. The highest BCUT2D eigenvalue weighted by Gasteiger charge is 2.15. The minimum Gasteiger partial charge on any atom is -0.396 e. The molecule has 3 N–H and O–H groups in total. The summed E-state index contributed by atoms with van der Waals surface area (Å²) in [6.45, 7) is 2.73. The van der Waals surface area contributed by atoms with Gasteiger partial charge in [0.05, 0.1) is 11.4 Å². The Morgan fingerprint density at radius 3 is 2.70 bits per heavy atom. The first-order valence-corrected chi connectivity index (χ1v) is 7.20. The maximum atomic E-state index is 12.3. The number of anilines is 2. The Labute approximate surface area is 120 Å². The number of aliphatic hydroxyl groups is 1. The van der Waals surface area contributed by atoms with Crippen molar-refractivity contribution in [1.29, 1.82) is 0 Å². The van der Waals surface area contributed by atoms with Gasteiger partial charge in [-0.25, -0.2) is 0 Å². The lowest BCUT2D eigenvalue weighted by atomic mass is 10.1. The fourth-order valence-electron chi connectivity index (χ4n) is 2.33. The van der Waals surface area contributed by atoms with Crippen LogP contribution in [0.3, 0.4) is 0 Å². The Balaban J connectivity index is 1.94. The molecule has 1 amide bonds. The summed E-state index contributed by atoms with van der Waals surface area (Å²) in [6, 6.07) is 5.73. The molecule has 5 heteroatoms. The lowest BCUT2D eigenvalue weighted by Gasteiger charge is -2.22. The van der Waals surface area contributed by atoms with Crippen molar-refractivity contribution in [2.24, 2.45) is 0 Å². The van der Waals surface area contributed by atoms with Crippen LogP contribution < -0.4 is 10.6 Å². The van der Waals surface area contributed by atoms with Gasteiger partial charge in [-0.2, -0.15) is 0 Å². The Kier molecular flexibility index (Phi) is 5.24. The fourth-order valence-corrected chi connectivity index (χ4v) is 2.33. The van der Waals surface area contributed by atoms with E-state index < -0.39 is 0 Å². The lowest BCUT2D eigenvalue weighted by Crippen LogP contribution is -2.28. The van der Waals surface area contributed by atoms with Gasteiger partial charge in [-0.1, -0.05) is 0 Å². The zero-order valence-electron chi connectivity index (χ0n) is 12.0. The summed E-state index contributed by atoms with van der Waals surface area (Å²) in [6.07, 6.45) is 2.67. The van der Waals surface area contributed by atoms with Crippen LogP contribution in [0.4, 0.5) is 11.4 Å². The number of unbranched alkanes of at least 4 members (excludes halogenated alkanes) is 2. The first-order valence-electron chi connectivity index (χ1n) is 7.20. The predicted octanol–water partition coefficient (Wildman–Crippen LogP) is 1.76. The number of hydrogen-bond acceptors (Lipinski definition) is 4. The van der Waals surface area contributed by atoms with Crippen LogP contribution in [-0.2, 0) is 0 Å². The third-order valence-corrected chi connectivity index (χ3v) is 3.52. The molecule has 0 aromatic heterocycles. The van der Waals surface area contributed by atoms with Crippen LogP contribution in [0.2, 0.25) is 0 Å². The molecule has 1 aliphatic heterocycles. The Morgan fingerprint density at radius 2 is 1.95 bits per heavy atom. The van der Waals surface area contributed by atoms with Gasteiger partial charge >= 0.3 is 0 Å². The van der Waals surface area contributed by atoms with E-state index in [0.29, 0.717) is 5.56 Å². The number of hydrogen-bond donors (Lipinski definition) is 3. The maximum absolute atomic E-state index is 12.3. The molecule has 0 radical (unpaired) electrons. The second-order valence-corrected chi connectivity index (χ2v) is 5.12. The van der Waals surface area contributed by atoms with Crippen LogP contribution >= 0.6 is 0 Å². The van der Waals surface area contributed by atoms with Crippen molar-refractivity contribution < 1.29 is 9.90 Å². The van der Waals surface area contributed by atoms with Crippen molar-refractivity contribution in [2.75, 3.05) is 43.9 Å². The Hall–Kier alpha value is -1.75. The van der Waals surface area contributed by atoms with Gasteiger partial charge in [0.15, 0.2) is 0 Å². The average Bonchev–Trinajstić information content (AvgIpc) is 2.50. The zero-order chi connectivity index (χ0) is 14.4. The highest BCUT2D eigenvalue weighted by atomic mass is 16.2. The maximum Gasteiger partial charge on any atom is 0.253 e. The van der Waals surface area contributed by atoms with E-state index in [1.807, 2.05) is 25.2 Å². The molecule has 1 heterocycles. The van der Waals surface area contributed by atoms with Crippen molar-refractivity contribution in [3.63, 3.8) is 0 Å². The summed E-state index contributed by atoms with van der Waals surface area (Å²) in [4.78, 5) is 14.1. The fraction of sp³-hybridized carbons (Fsp3) is 0.533. The van der Waals surface area contributed by atoms with Crippen molar-refractivity contribution >= 4 is 17.3 Å². The molecule has 0 spiro atoms. The average molecular weight is 277 g/mol. The Bertz CT molecular complexity index is 462. The third-order valence-electron chi connectivity index (χ3n) is 3.52. The normalized spacial score (nSPS) is 13.1. The summed E-state index contributed by atoms with van der Waals surface area (Å²) >= 11 is 0. The summed E-state index contributed by atoms with van der Waals surface area (Å²) in [5.74, 6) is 0.0455. The second kappa shape index (κ2) is 7.14. The highest BCUT2D eigenvalue weighted by molar-refractivity contribution is 5.96. The molecule has 0 fully saturated rings. The first-order chi connectivity index (χ1) is 9.72. The van der Waals surface area contributed by atoms with Gasteiger partial charge < -0.3 is 20.6 Å². The topological polar surface area (TPSA) is 64.6 Å². The standard InChI is InChI=1S/C15H23N3O2/c1-18(9-3-2-4-10-19)15(20)12-5-6-13-14(11-12)17-8-7-16-13/h5-6,11,16-17,19H,2-4,7-10H2,1H3. The van der Waals surface area contributed by atoms with Crippen LogP contribution in [0.15, 0.2) is 18.2 Å². The second-order valence-electron chi connectivity index (χ2n) is 5.12. The lowest BCUT2D eigenvalue weighted by molar-refractivity contribution is 0.0792. The third kappa shape index (κ3) is 3.63. The molecular formula is C15H23N3O2. The van der Waals surface area contributed by atoms with E-state index >= 15 is 0 Å². The molecule has 0 saturated carbocycles. The minimum absolute atomic E-state index is 0.0455. The van der Waals surface area contributed by atoms with E-state index in [9.17, 15) is 4.79 Å². The largest absolute Gasteiger partial charge is 0.396 e. The monoisotopic (exact) mass is 277 g/mol. The van der Waals surface area contributed by atoms with E-state index in [1.54, 1.807) is 4.90 Å². The van der Waals surface area contributed by atoms with Crippen molar-refractivity contribution in [3.05, 3.63) is 23.8 Å². The van der Waals surface area contributed by atoms with Crippen LogP contribution in [0.5, 0.6) is 0 Å². The first kappa shape index (κ1) is 14.7. The molecule has 1 aliphatic rings. The molecular weight excluding hydrogens is 254 g/mol. The number of benzene rings is 1. The van der Waals surface area contributed by atoms with Gasteiger partial charge in [-0.3, -0.25) is 4.79 Å². The number of carbonyl (C=O) groups excluding carboxylic acids is 1. The van der Waals surface area contributed by atoms with Crippen LogP contribution in [-0.4, -0.2) is 49.2 Å². The van der Waals surface area contributed by atoms with E-state index in [1.165, 1.54) is 0 Å². The molecule has 0 atom stereocenters. The quantitative estimate of drug-likeness (QED) is 0.693. The minimum atomic E-state index is 0.0455. The zero-order valence-corrected chi connectivity index (χ0v) is 12.0. The van der Waals surface area contributed by atoms with Crippen LogP contribution in [0.25, 0.3) is 0 Å². The van der Waals surface area contributed by atoms with E-state index in [-0.39, 0.29) is 12.5 Å². The van der Waals surface area contributed by atoms with Crippen molar-refractivity contribution in [3.8, 4) is 0 Å². The van der Waals surface area contributed by atoms with Gasteiger partial charge in [0.25, 0.3) is 5.91 Å². The van der Waals surface area contributed by atoms with Crippen molar-refractivity contribution in [2.45, 2.75) is 19.3 Å². The highest BCUT2D eigenvalue weighted by Crippen LogP contribution is 2.25. The van der Waals surface area contributed by atoms with E-state index in [2.05, 4.69) is 10.6 Å². The van der Waals surface area contributed by atoms with Crippen LogP contribution in [0.1, 0.15) is 29.6 Å². The van der Waals surface area contributed by atoms with Gasteiger partial charge in [-0.05, 0) is 37.5 Å². The smallest absolute Gasteiger partial charge is 0.253 e. The van der Waals surface area contributed by atoms with E-state index in [0.717, 1.165) is 50.3 Å². The summed E-state index contributed by atoms with van der Waals surface area (Å²) in [5.41, 5.74) is 2.76. The summed E-state index contributed by atoms with van der Waals surface area (Å²) in [5, 5.41) is 15.3. The molecule has 0 aliphatic carbocycles. The molecule has 5 nitrogen and oxygen atoms in total. The molecule has 1 aromatic carbocycles. The van der Waals surface area contributed by atoms with Crippen LogP contribution in [0, 0.1) is 0 Å². The number of aliphatic hydroxyl groups excluding tert-OH is 1. The molecule has 0 unspecified atom stereocenters. The molecule has 0 bridgehead atoms. The molecule has 20 heavy (non-hydrogen) atoms. The molecule has 110 valence electrons. The number of fused-ring (bicyclic) bond motifs is 1. The number of nitrogens with one attached hydrogen (secondary N) is 2. The molecule has 0 saturated heterocycles. The number of nitrogens with zero attached hydrogens (tertiary/aromatic N) is 1. The Morgan fingerprint density at radius 1 is 1.20 bits per heavy atom. The summed E-state index contributed by atoms with van der Waals surface area (Å²) < 4.78 is 0. The molecule has 1 aromatic rings. The number of rotatable bonds is 6. The summed E-state index contributed by atoms with van der Waals surface area (Å²) in [7, 11) is 1.83.